The summed E-state index contributed by atoms with van der Waals surface area (Å²) < 4.78 is 0. The molecule has 0 fully saturated rings. The number of carboxylic acid groups (broad SMARTS) is 1. The van der Waals surface area contributed by atoms with Gasteiger partial charge in [0.15, 0.2) is 0 Å². The Labute approximate surface area is 68.0 Å². The average molecular weight is 162 g/mol. The van der Waals surface area contributed by atoms with Crippen molar-refractivity contribution in [2.75, 3.05) is 6.61 Å². The molecule has 0 radical (unpaired) electrons. The molecule has 0 aliphatic carbocycles. The first-order chi connectivity index (χ1) is 5.18. The molecular formula is C8H18O3. The minimum absolute atomic E-state index is 0.778. The fourth-order valence-corrected chi connectivity index (χ4v) is 0.500. The predicted molar refractivity (Wildman–Crippen MR) is 44.5 cm³/mol. The number of aliphatic carboxylic acids is 1. The van der Waals surface area contributed by atoms with E-state index in [2.05, 4.69) is 13.8 Å². The van der Waals surface area contributed by atoms with Crippen LogP contribution in [0.15, 0.2) is 0 Å². The van der Waals surface area contributed by atoms with Crippen molar-refractivity contribution in [2.45, 2.75) is 39.5 Å². The molecule has 0 aliphatic heterocycles. The predicted octanol–water partition coefficient (Wildman–Crippen LogP) is 1.65. The summed E-state index contributed by atoms with van der Waals surface area (Å²) in [5.74, 6) is -1.19. The summed E-state index contributed by atoms with van der Waals surface area (Å²) in [6.45, 7) is 3.69. The van der Waals surface area contributed by atoms with Gasteiger partial charge in [-0.3, -0.25) is 0 Å². The number of hydrogen-bond donors (Lipinski definition) is 2. The normalized spacial score (nSPS) is 8.27. The number of carbonyl (C=O) groups is 1. The highest BCUT2D eigenvalue weighted by atomic mass is 16.4. The van der Waals surface area contributed by atoms with Crippen LogP contribution in [-0.2, 0) is 4.79 Å². The lowest BCUT2D eigenvalue weighted by molar-refractivity contribution is -0.140. The second-order valence-corrected chi connectivity index (χ2v) is 2.26. The van der Waals surface area contributed by atoms with Crippen LogP contribution in [0.2, 0.25) is 0 Å². The van der Waals surface area contributed by atoms with Crippen LogP contribution < -0.4 is 0 Å². The molecule has 3 heteroatoms. The fraction of sp³-hybridized carbons (Fsp3) is 0.875. The summed E-state index contributed by atoms with van der Waals surface area (Å²) in [6, 6.07) is 0. The van der Waals surface area contributed by atoms with E-state index in [-0.39, 0.29) is 0 Å². The summed E-state index contributed by atoms with van der Waals surface area (Å²) in [4.78, 5) is 9.12. The van der Waals surface area contributed by atoms with Gasteiger partial charge in [-0.25, -0.2) is 4.79 Å². The van der Waals surface area contributed by atoms with Gasteiger partial charge < -0.3 is 10.2 Å². The molecule has 0 heterocycles. The van der Waals surface area contributed by atoms with Crippen molar-refractivity contribution in [3.05, 3.63) is 0 Å². The van der Waals surface area contributed by atoms with Crippen molar-refractivity contribution in [1.82, 2.24) is 0 Å². The van der Waals surface area contributed by atoms with E-state index in [1.807, 2.05) is 0 Å². The summed E-state index contributed by atoms with van der Waals surface area (Å²) >= 11 is 0. The standard InChI is InChI=1S/C6H14.C2H4O3/c1-3-5-6-4-2;3-1-2(4)5/h3-6H2,1-2H3;3H,1H2,(H,4,5). The van der Waals surface area contributed by atoms with Gasteiger partial charge in [0.2, 0.25) is 0 Å². The minimum Gasteiger partial charge on any atom is -0.480 e. The third-order valence-corrected chi connectivity index (χ3v) is 1.09. The van der Waals surface area contributed by atoms with Crippen LogP contribution in [-0.4, -0.2) is 22.8 Å². The van der Waals surface area contributed by atoms with Crippen LogP contribution in [0.5, 0.6) is 0 Å². The number of rotatable bonds is 4. The molecular weight excluding hydrogens is 144 g/mol. The Morgan fingerprint density at radius 1 is 1.18 bits per heavy atom. The highest BCUT2D eigenvalue weighted by Gasteiger charge is 1.82. The quantitative estimate of drug-likeness (QED) is 0.618. The molecule has 2 N–H and O–H groups in total. The Balaban J connectivity index is 0. The van der Waals surface area contributed by atoms with E-state index in [0.29, 0.717) is 0 Å². The van der Waals surface area contributed by atoms with Crippen LogP contribution >= 0.6 is 0 Å². The molecule has 0 unspecified atom stereocenters. The molecule has 0 spiro atoms. The molecule has 0 aliphatic rings. The highest BCUT2D eigenvalue weighted by Crippen LogP contribution is 1.95. The van der Waals surface area contributed by atoms with Crippen molar-refractivity contribution < 1.29 is 15.0 Å². The Morgan fingerprint density at radius 3 is 1.55 bits per heavy atom. The van der Waals surface area contributed by atoms with Gasteiger partial charge in [0.1, 0.15) is 6.61 Å². The topological polar surface area (TPSA) is 57.5 Å². The van der Waals surface area contributed by atoms with E-state index in [1.54, 1.807) is 0 Å². The minimum atomic E-state index is -1.19. The van der Waals surface area contributed by atoms with E-state index in [1.165, 1.54) is 25.7 Å². The van der Waals surface area contributed by atoms with Gasteiger partial charge in [0.25, 0.3) is 0 Å². The van der Waals surface area contributed by atoms with Gasteiger partial charge in [0.05, 0.1) is 0 Å². The van der Waals surface area contributed by atoms with E-state index < -0.39 is 12.6 Å². The second kappa shape index (κ2) is 12.1. The lowest BCUT2D eigenvalue weighted by Crippen LogP contribution is -1.98. The molecule has 3 nitrogen and oxygen atoms in total. The third kappa shape index (κ3) is 26.5. The van der Waals surface area contributed by atoms with Crippen molar-refractivity contribution >= 4 is 5.97 Å². The lowest BCUT2D eigenvalue weighted by Gasteiger charge is -1.86. The first-order valence-electron chi connectivity index (χ1n) is 4.01. The monoisotopic (exact) mass is 162 g/mol. The summed E-state index contributed by atoms with van der Waals surface area (Å²) in [6.07, 6.45) is 5.54. The van der Waals surface area contributed by atoms with Gasteiger partial charge in [-0.15, -0.1) is 0 Å². The summed E-state index contributed by atoms with van der Waals surface area (Å²) in [5, 5.41) is 15.0. The van der Waals surface area contributed by atoms with Crippen LogP contribution in [0.3, 0.4) is 0 Å². The Bertz CT molecular complexity index is 77.4. The second-order valence-electron chi connectivity index (χ2n) is 2.26. The molecule has 68 valence electrons. The molecule has 0 bridgehead atoms. The highest BCUT2D eigenvalue weighted by molar-refractivity contribution is 5.67. The maximum absolute atomic E-state index is 9.12. The smallest absolute Gasteiger partial charge is 0.329 e. The van der Waals surface area contributed by atoms with Gasteiger partial charge in [-0.1, -0.05) is 39.5 Å². The number of aliphatic hydroxyl groups excluding tert-OH is 1. The van der Waals surface area contributed by atoms with E-state index in [4.69, 9.17) is 15.0 Å². The van der Waals surface area contributed by atoms with Gasteiger partial charge in [0, 0.05) is 0 Å². The van der Waals surface area contributed by atoms with Crippen LogP contribution in [0.25, 0.3) is 0 Å². The molecule has 0 saturated heterocycles. The lowest BCUT2D eigenvalue weighted by atomic mass is 10.2. The van der Waals surface area contributed by atoms with E-state index >= 15 is 0 Å². The number of aliphatic hydroxyl groups is 1. The maximum atomic E-state index is 9.12. The number of carboxylic acids is 1. The Hall–Kier alpha value is -0.570. The Kier molecular flexibility index (Phi) is 14.4. The van der Waals surface area contributed by atoms with Crippen molar-refractivity contribution in [1.29, 1.82) is 0 Å². The first-order valence-corrected chi connectivity index (χ1v) is 4.01. The number of hydrogen-bond acceptors (Lipinski definition) is 2. The molecule has 0 amide bonds. The molecule has 0 saturated carbocycles. The zero-order valence-corrected chi connectivity index (χ0v) is 7.34. The molecule has 0 aromatic carbocycles. The molecule has 0 aromatic rings. The maximum Gasteiger partial charge on any atom is 0.329 e. The fourth-order valence-electron chi connectivity index (χ4n) is 0.500. The van der Waals surface area contributed by atoms with Crippen LogP contribution in [0.4, 0.5) is 0 Å². The van der Waals surface area contributed by atoms with Crippen molar-refractivity contribution in [3.63, 3.8) is 0 Å². The molecule has 0 aromatic heterocycles. The van der Waals surface area contributed by atoms with Crippen molar-refractivity contribution in [3.8, 4) is 0 Å². The molecule has 0 atom stereocenters. The SMILES string of the molecule is CCCCCC.O=C(O)CO. The molecule has 0 rings (SSSR count). The van der Waals surface area contributed by atoms with Gasteiger partial charge in [-0.2, -0.15) is 0 Å². The van der Waals surface area contributed by atoms with Gasteiger partial charge >= 0.3 is 5.97 Å². The largest absolute Gasteiger partial charge is 0.480 e. The summed E-state index contributed by atoms with van der Waals surface area (Å²) in [5.41, 5.74) is 0. The summed E-state index contributed by atoms with van der Waals surface area (Å²) in [7, 11) is 0. The Morgan fingerprint density at radius 2 is 1.45 bits per heavy atom. The van der Waals surface area contributed by atoms with E-state index in [0.717, 1.165) is 0 Å². The zero-order valence-electron chi connectivity index (χ0n) is 7.34. The number of unbranched alkanes of at least 4 members (excludes halogenated alkanes) is 3. The van der Waals surface area contributed by atoms with Crippen LogP contribution in [0.1, 0.15) is 39.5 Å². The third-order valence-electron chi connectivity index (χ3n) is 1.09. The first kappa shape index (κ1) is 13.1. The average Bonchev–Trinajstić information content (AvgIpc) is 2.02. The van der Waals surface area contributed by atoms with E-state index in [9.17, 15) is 0 Å². The van der Waals surface area contributed by atoms with Crippen LogP contribution in [0, 0.1) is 0 Å². The molecule has 11 heavy (non-hydrogen) atoms. The zero-order chi connectivity index (χ0) is 9.11. The van der Waals surface area contributed by atoms with Gasteiger partial charge in [-0.05, 0) is 0 Å². The van der Waals surface area contributed by atoms with Crippen molar-refractivity contribution in [2.24, 2.45) is 0 Å².